The second-order valence-electron chi connectivity index (χ2n) is 7.33. The molecule has 0 aliphatic rings. The number of rotatable bonds is 8. The second-order valence-corrected chi connectivity index (χ2v) is 7.33. The number of hydrogen-bond acceptors (Lipinski definition) is 4. The van der Waals surface area contributed by atoms with E-state index in [9.17, 15) is 9.59 Å². The van der Waals surface area contributed by atoms with Crippen molar-refractivity contribution in [2.24, 2.45) is 0 Å². The molecule has 0 bridgehead atoms. The van der Waals surface area contributed by atoms with Gasteiger partial charge in [-0.2, -0.15) is 0 Å². The van der Waals surface area contributed by atoms with Gasteiger partial charge < -0.3 is 24.8 Å². The number of aromatic nitrogens is 1. The first kappa shape index (κ1) is 21.4. The molecule has 158 valence electrons. The van der Waals surface area contributed by atoms with E-state index in [0.717, 1.165) is 16.7 Å². The van der Waals surface area contributed by atoms with Gasteiger partial charge in [0.05, 0.1) is 13.2 Å². The Morgan fingerprint density at radius 2 is 1.83 bits per heavy atom. The van der Waals surface area contributed by atoms with Crippen molar-refractivity contribution in [1.29, 1.82) is 0 Å². The Hall–Kier alpha value is -3.32. The quantitative estimate of drug-likeness (QED) is 0.598. The molecule has 2 N–H and O–H groups in total. The Morgan fingerprint density at radius 1 is 1.07 bits per heavy atom. The Bertz CT molecular complexity index is 1050. The number of carbonyl (C=O) groups excluding carboxylic acids is 1. The third-order valence-corrected chi connectivity index (χ3v) is 4.69. The van der Waals surface area contributed by atoms with Crippen molar-refractivity contribution in [3.05, 3.63) is 70.5 Å². The number of nitrogens with zero attached hydrogens (tertiary/aromatic N) is 2. The van der Waals surface area contributed by atoms with E-state index in [4.69, 9.17) is 4.74 Å². The zero-order valence-corrected chi connectivity index (χ0v) is 17.6. The molecule has 0 fully saturated rings. The number of para-hydroxylation sites is 1. The molecule has 3 aromatic rings. The fraction of sp³-hybridized carbons (Fsp3) is 0.304. The third-order valence-electron chi connectivity index (χ3n) is 4.69. The highest BCUT2D eigenvalue weighted by molar-refractivity contribution is 5.89. The minimum atomic E-state index is -0.245. The first-order valence-electron chi connectivity index (χ1n) is 10.0. The molecule has 0 saturated heterocycles. The highest BCUT2D eigenvalue weighted by Crippen LogP contribution is 2.20. The summed E-state index contributed by atoms with van der Waals surface area (Å²) in [5.41, 5.74) is 1.78. The number of benzene rings is 2. The molecule has 1 aromatic heterocycles. The van der Waals surface area contributed by atoms with Gasteiger partial charge in [0.1, 0.15) is 5.75 Å². The minimum absolute atomic E-state index is 0.200. The SMILES string of the molecule is CCOc1ccc2[nH]c(=O)c(CN(CCN(C)C)C(=O)Nc3ccccc3)cc2c1. The van der Waals surface area contributed by atoms with Gasteiger partial charge in [-0.1, -0.05) is 18.2 Å². The van der Waals surface area contributed by atoms with Gasteiger partial charge in [0.25, 0.3) is 5.56 Å². The molecule has 0 aliphatic carbocycles. The lowest BCUT2D eigenvalue weighted by Crippen LogP contribution is -2.40. The summed E-state index contributed by atoms with van der Waals surface area (Å²) in [7, 11) is 3.90. The van der Waals surface area contributed by atoms with E-state index >= 15 is 0 Å². The van der Waals surface area contributed by atoms with Crippen LogP contribution in [-0.2, 0) is 6.54 Å². The number of carbonyl (C=O) groups is 1. The van der Waals surface area contributed by atoms with Gasteiger partial charge in [-0.25, -0.2) is 4.79 Å². The lowest BCUT2D eigenvalue weighted by atomic mass is 10.1. The van der Waals surface area contributed by atoms with E-state index in [1.165, 1.54) is 0 Å². The number of hydrogen-bond donors (Lipinski definition) is 2. The number of amides is 2. The lowest BCUT2D eigenvalue weighted by Gasteiger charge is -2.24. The predicted molar refractivity (Wildman–Crippen MR) is 120 cm³/mol. The highest BCUT2D eigenvalue weighted by Gasteiger charge is 2.17. The van der Waals surface area contributed by atoms with Crippen LogP contribution in [0.2, 0.25) is 0 Å². The highest BCUT2D eigenvalue weighted by atomic mass is 16.5. The van der Waals surface area contributed by atoms with Gasteiger partial charge in [0, 0.05) is 35.2 Å². The third kappa shape index (κ3) is 5.61. The van der Waals surface area contributed by atoms with Crippen molar-refractivity contribution in [2.75, 3.05) is 39.1 Å². The Labute approximate surface area is 176 Å². The van der Waals surface area contributed by atoms with Crippen LogP contribution in [-0.4, -0.2) is 54.6 Å². The maximum atomic E-state index is 12.9. The van der Waals surface area contributed by atoms with Crippen LogP contribution in [0, 0.1) is 0 Å². The van der Waals surface area contributed by atoms with E-state index < -0.39 is 0 Å². The monoisotopic (exact) mass is 408 g/mol. The van der Waals surface area contributed by atoms with E-state index in [0.29, 0.717) is 30.9 Å². The first-order valence-corrected chi connectivity index (χ1v) is 10.0. The minimum Gasteiger partial charge on any atom is -0.494 e. The number of nitrogens with one attached hydrogen (secondary N) is 2. The van der Waals surface area contributed by atoms with Gasteiger partial charge in [-0.15, -0.1) is 0 Å². The van der Waals surface area contributed by atoms with Crippen LogP contribution in [0.15, 0.2) is 59.4 Å². The van der Waals surface area contributed by atoms with Crippen molar-refractivity contribution in [2.45, 2.75) is 13.5 Å². The molecular formula is C23H28N4O3. The number of H-pyrrole nitrogens is 1. The molecule has 7 heteroatoms. The van der Waals surface area contributed by atoms with E-state index in [-0.39, 0.29) is 18.1 Å². The maximum absolute atomic E-state index is 12.9. The summed E-state index contributed by atoms with van der Waals surface area (Å²) >= 11 is 0. The molecular weight excluding hydrogens is 380 g/mol. The number of urea groups is 1. The molecule has 2 amide bonds. The lowest BCUT2D eigenvalue weighted by molar-refractivity contribution is 0.202. The zero-order valence-electron chi connectivity index (χ0n) is 17.6. The average molecular weight is 409 g/mol. The molecule has 30 heavy (non-hydrogen) atoms. The standard InChI is InChI=1S/C23H28N4O3/c1-4-30-20-10-11-21-17(15-20)14-18(22(28)25-21)16-27(13-12-26(2)3)23(29)24-19-8-6-5-7-9-19/h5-11,14-15H,4,12-13,16H2,1-3H3,(H,24,29)(H,25,28). The number of likely N-dealkylation sites (N-methyl/N-ethyl adjacent to an activating group) is 1. The van der Waals surface area contributed by atoms with Crippen LogP contribution in [0.1, 0.15) is 12.5 Å². The van der Waals surface area contributed by atoms with Crippen LogP contribution in [0.4, 0.5) is 10.5 Å². The molecule has 0 atom stereocenters. The molecule has 0 unspecified atom stereocenters. The van der Waals surface area contributed by atoms with E-state index in [1.54, 1.807) is 4.90 Å². The van der Waals surface area contributed by atoms with Crippen molar-refractivity contribution < 1.29 is 9.53 Å². The smallest absolute Gasteiger partial charge is 0.322 e. The summed E-state index contributed by atoms with van der Waals surface area (Å²) in [6, 6.07) is 16.4. The molecule has 2 aromatic carbocycles. The maximum Gasteiger partial charge on any atom is 0.322 e. The van der Waals surface area contributed by atoms with Crippen molar-refractivity contribution in [3.63, 3.8) is 0 Å². The van der Waals surface area contributed by atoms with Gasteiger partial charge in [-0.05, 0) is 57.4 Å². The Morgan fingerprint density at radius 3 is 2.53 bits per heavy atom. The van der Waals surface area contributed by atoms with E-state index in [1.807, 2.05) is 80.5 Å². The van der Waals surface area contributed by atoms with E-state index in [2.05, 4.69) is 10.3 Å². The van der Waals surface area contributed by atoms with Gasteiger partial charge in [0.2, 0.25) is 0 Å². The number of fused-ring (bicyclic) bond motifs is 1. The largest absolute Gasteiger partial charge is 0.494 e. The Kier molecular flexibility index (Phi) is 7.08. The van der Waals surface area contributed by atoms with Crippen LogP contribution in [0.3, 0.4) is 0 Å². The van der Waals surface area contributed by atoms with Crippen molar-refractivity contribution in [3.8, 4) is 5.75 Å². The summed E-state index contributed by atoms with van der Waals surface area (Å²) in [5.74, 6) is 0.745. The number of anilines is 1. The molecule has 0 aliphatic heterocycles. The number of ether oxygens (including phenoxy) is 1. The molecule has 0 saturated carbocycles. The molecule has 1 heterocycles. The van der Waals surface area contributed by atoms with Crippen LogP contribution < -0.4 is 15.6 Å². The van der Waals surface area contributed by atoms with Crippen molar-refractivity contribution >= 4 is 22.6 Å². The van der Waals surface area contributed by atoms with Crippen LogP contribution >= 0.6 is 0 Å². The normalized spacial score (nSPS) is 10.9. The zero-order chi connectivity index (χ0) is 21.5. The van der Waals surface area contributed by atoms with Crippen LogP contribution in [0.5, 0.6) is 5.75 Å². The van der Waals surface area contributed by atoms with Gasteiger partial charge >= 0.3 is 6.03 Å². The Balaban J connectivity index is 1.86. The summed E-state index contributed by atoms with van der Waals surface area (Å²) in [5, 5.41) is 3.77. The fourth-order valence-electron chi connectivity index (χ4n) is 3.11. The molecule has 0 spiro atoms. The summed E-state index contributed by atoms with van der Waals surface area (Å²) < 4.78 is 5.56. The summed E-state index contributed by atoms with van der Waals surface area (Å²) in [6.07, 6.45) is 0. The summed E-state index contributed by atoms with van der Waals surface area (Å²) in [6.45, 7) is 3.87. The number of pyridine rings is 1. The van der Waals surface area contributed by atoms with Crippen LogP contribution in [0.25, 0.3) is 10.9 Å². The molecule has 7 nitrogen and oxygen atoms in total. The first-order chi connectivity index (χ1) is 14.5. The molecule has 0 radical (unpaired) electrons. The predicted octanol–water partition coefficient (Wildman–Crippen LogP) is 3.52. The topological polar surface area (TPSA) is 77.7 Å². The fourth-order valence-corrected chi connectivity index (χ4v) is 3.11. The second kappa shape index (κ2) is 9.93. The number of aromatic amines is 1. The summed E-state index contributed by atoms with van der Waals surface area (Å²) in [4.78, 5) is 32.1. The van der Waals surface area contributed by atoms with Gasteiger partial charge in [-0.3, -0.25) is 4.79 Å². The average Bonchev–Trinajstić information content (AvgIpc) is 2.72. The van der Waals surface area contributed by atoms with Gasteiger partial charge in [0.15, 0.2) is 0 Å². The molecule has 3 rings (SSSR count). The van der Waals surface area contributed by atoms with Crippen molar-refractivity contribution in [1.82, 2.24) is 14.8 Å².